The van der Waals surface area contributed by atoms with E-state index in [1.807, 2.05) is 24.3 Å². The van der Waals surface area contributed by atoms with E-state index < -0.39 is 11.8 Å². The van der Waals surface area contributed by atoms with Gasteiger partial charge in [0.15, 0.2) is 0 Å². The molecule has 0 bridgehead atoms. The largest absolute Gasteiger partial charge is 0.361 e. The van der Waals surface area contributed by atoms with Crippen LogP contribution in [0.2, 0.25) is 0 Å². The van der Waals surface area contributed by atoms with Gasteiger partial charge in [-0.25, -0.2) is 0 Å². The number of nitrogens with one attached hydrogen (secondary N) is 1. The van der Waals surface area contributed by atoms with Crippen molar-refractivity contribution in [3.05, 3.63) is 34.3 Å². The predicted molar refractivity (Wildman–Crippen MR) is 60.1 cm³/mol. The number of carbonyl (C=O) groups excluding carboxylic acids is 2. The molecule has 2 amide bonds. The summed E-state index contributed by atoms with van der Waals surface area (Å²) in [7, 11) is 0. The van der Waals surface area contributed by atoms with Crippen LogP contribution < -0.4 is 11.1 Å². The van der Waals surface area contributed by atoms with Crippen LogP contribution in [0.5, 0.6) is 0 Å². The van der Waals surface area contributed by atoms with E-state index in [9.17, 15) is 9.59 Å². The van der Waals surface area contributed by atoms with Crippen LogP contribution in [-0.4, -0.2) is 18.4 Å². The first-order chi connectivity index (χ1) is 7.11. The average Bonchev–Trinajstić information content (AvgIpc) is 2.20. The standard InChI is InChI=1S/C10H11BrN2O2/c11-8-4-2-1-3-7(8)5-6-13-10(15)9(12)14/h1-4H,5-6H2,(H2,12,14)(H,13,15). The Kier molecular flexibility index (Phi) is 4.30. The van der Waals surface area contributed by atoms with Crippen LogP contribution in [0.15, 0.2) is 28.7 Å². The van der Waals surface area contributed by atoms with Gasteiger partial charge in [-0.3, -0.25) is 9.59 Å². The van der Waals surface area contributed by atoms with Gasteiger partial charge >= 0.3 is 11.8 Å². The summed E-state index contributed by atoms with van der Waals surface area (Å²) in [4.78, 5) is 21.2. The zero-order chi connectivity index (χ0) is 11.3. The van der Waals surface area contributed by atoms with Gasteiger partial charge in [0.2, 0.25) is 0 Å². The quantitative estimate of drug-likeness (QED) is 0.790. The lowest BCUT2D eigenvalue weighted by Gasteiger charge is -2.04. The molecular weight excluding hydrogens is 260 g/mol. The Morgan fingerprint density at radius 2 is 2.00 bits per heavy atom. The fourth-order valence-electron chi connectivity index (χ4n) is 1.10. The lowest BCUT2D eigenvalue weighted by Crippen LogP contribution is -2.37. The third-order valence-corrected chi connectivity index (χ3v) is 2.64. The summed E-state index contributed by atoms with van der Waals surface area (Å²) in [6.07, 6.45) is 0.653. The molecule has 0 aliphatic carbocycles. The van der Waals surface area contributed by atoms with Crippen molar-refractivity contribution in [1.29, 1.82) is 0 Å². The van der Waals surface area contributed by atoms with E-state index in [-0.39, 0.29) is 0 Å². The van der Waals surface area contributed by atoms with Crippen molar-refractivity contribution in [3.63, 3.8) is 0 Å². The van der Waals surface area contributed by atoms with Gasteiger partial charge in [-0.05, 0) is 18.1 Å². The van der Waals surface area contributed by atoms with Crippen molar-refractivity contribution in [1.82, 2.24) is 5.32 Å². The van der Waals surface area contributed by atoms with Crippen molar-refractivity contribution >= 4 is 27.7 Å². The van der Waals surface area contributed by atoms with Gasteiger partial charge in [0.25, 0.3) is 0 Å². The molecule has 0 fully saturated rings. The molecule has 0 saturated carbocycles. The second-order valence-corrected chi connectivity index (χ2v) is 3.82. The summed E-state index contributed by atoms with van der Waals surface area (Å²) in [6, 6.07) is 7.69. The van der Waals surface area contributed by atoms with Gasteiger partial charge in [-0.15, -0.1) is 0 Å². The first-order valence-corrected chi connectivity index (χ1v) is 5.21. The number of benzene rings is 1. The van der Waals surface area contributed by atoms with E-state index in [1.165, 1.54) is 0 Å². The van der Waals surface area contributed by atoms with E-state index in [4.69, 9.17) is 5.73 Å². The molecule has 0 atom stereocenters. The summed E-state index contributed by atoms with van der Waals surface area (Å²) < 4.78 is 0.985. The molecule has 0 aliphatic rings. The van der Waals surface area contributed by atoms with Gasteiger partial charge in [-0.1, -0.05) is 34.1 Å². The van der Waals surface area contributed by atoms with Crippen LogP contribution in [0.3, 0.4) is 0 Å². The third kappa shape index (κ3) is 3.71. The van der Waals surface area contributed by atoms with Crippen molar-refractivity contribution < 1.29 is 9.59 Å². The Morgan fingerprint density at radius 3 is 2.60 bits per heavy atom. The predicted octanol–water partition coefficient (Wildman–Crippen LogP) is 0.593. The molecule has 4 nitrogen and oxygen atoms in total. The smallest absolute Gasteiger partial charge is 0.309 e. The second-order valence-electron chi connectivity index (χ2n) is 2.96. The molecule has 1 aromatic carbocycles. The first-order valence-electron chi connectivity index (χ1n) is 4.42. The summed E-state index contributed by atoms with van der Waals surface area (Å²) in [5, 5.41) is 2.42. The first kappa shape index (κ1) is 11.7. The van der Waals surface area contributed by atoms with Crippen LogP contribution in [0, 0.1) is 0 Å². The van der Waals surface area contributed by atoms with Crippen molar-refractivity contribution in [2.24, 2.45) is 5.73 Å². The molecule has 1 rings (SSSR count). The van der Waals surface area contributed by atoms with Gasteiger partial charge < -0.3 is 11.1 Å². The molecule has 0 spiro atoms. The minimum atomic E-state index is -0.956. The molecule has 1 aromatic rings. The molecule has 3 N–H and O–H groups in total. The van der Waals surface area contributed by atoms with Crippen LogP contribution in [0.1, 0.15) is 5.56 Å². The van der Waals surface area contributed by atoms with Crippen LogP contribution in [-0.2, 0) is 16.0 Å². The Morgan fingerprint density at radius 1 is 1.33 bits per heavy atom. The third-order valence-electron chi connectivity index (χ3n) is 1.86. The van der Waals surface area contributed by atoms with E-state index >= 15 is 0 Å². The zero-order valence-corrected chi connectivity index (χ0v) is 9.58. The van der Waals surface area contributed by atoms with Crippen molar-refractivity contribution in [2.75, 3.05) is 6.54 Å². The van der Waals surface area contributed by atoms with Crippen molar-refractivity contribution in [2.45, 2.75) is 6.42 Å². The number of primary amides is 1. The van der Waals surface area contributed by atoms with Crippen molar-refractivity contribution in [3.8, 4) is 0 Å². The highest BCUT2D eigenvalue weighted by Crippen LogP contribution is 2.15. The molecule has 0 saturated heterocycles. The van der Waals surface area contributed by atoms with Gasteiger partial charge in [0.05, 0.1) is 0 Å². The topological polar surface area (TPSA) is 72.2 Å². The number of rotatable bonds is 3. The molecule has 0 aliphatic heterocycles. The molecule has 15 heavy (non-hydrogen) atoms. The highest BCUT2D eigenvalue weighted by Gasteiger charge is 2.07. The summed E-state index contributed by atoms with van der Waals surface area (Å²) in [6.45, 7) is 0.393. The number of hydrogen-bond donors (Lipinski definition) is 2. The molecule has 0 heterocycles. The molecule has 5 heteroatoms. The molecule has 0 radical (unpaired) electrons. The zero-order valence-electron chi connectivity index (χ0n) is 8.00. The van der Waals surface area contributed by atoms with E-state index in [0.717, 1.165) is 10.0 Å². The number of halogens is 1. The highest BCUT2D eigenvalue weighted by molar-refractivity contribution is 9.10. The van der Waals surface area contributed by atoms with Crippen LogP contribution in [0.4, 0.5) is 0 Å². The minimum absolute atomic E-state index is 0.393. The van der Waals surface area contributed by atoms with E-state index in [1.54, 1.807) is 0 Å². The fourth-order valence-corrected chi connectivity index (χ4v) is 1.58. The maximum Gasteiger partial charge on any atom is 0.309 e. The Hall–Kier alpha value is -1.36. The number of hydrogen-bond acceptors (Lipinski definition) is 2. The number of nitrogens with two attached hydrogens (primary N) is 1. The number of carbonyl (C=O) groups is 2. The average molecular weight is 271 g/mol. The minimum Gasteiger partial charge on any atom is -0.361 e. The molecular formula is C10H11BrN2O2. The summed E-state index contributed by atoms with van der Waals surface area (Å²) >= 11 is 3.39. The Labute approximate surface area is 96.0 Å². The van der Waals surface area contributed by atoms with Crippen LogP contribution >= 0.6 is 15.9 Å². The highest BCUT2D eigenvalue weighted by atomic mass is 79.9. The lowest BCUT2D eigenvalue weighted by molar-refractivity contribution is -0.137. The molecule has 80 valence electrons. The van der Waals surface area contributed by atoms with Gasteiger partial charge in [-0.2, -0.15) is 0 Å². The second kappa shape index (κ2) is 5.50. The van der Waals surface area contributed by atoms with Crippen LogP contribution in [0.25, 0.3) is 0 Å². The summed E-state index contributed by atoms with van der Waals surface area (Å²) in [5.74, 6) is -1.70. The summed E-state index contributed by atoms with van der Waals surface area (Å²) in [5.41, 5.74) is 5.86. The maximum absolute atomic E-state index is 10.8. The lowest BCUT2D eigenvalue weighted by atomic mass is 10.1. The SMILES string of the molecule is NC(=O)C(=O)NCCc1ccccc1Br. The molecule has 0 unspecified atom stereocenters. The Balaban J connectivity index is 2.42. The van der Waals surface area contributed by atoms with E-state index in [0.29, 0.717) is 13.0 Å². The normalized spacial score (nSPS) is 9.67. The Bertz CT molecular complexity index is 379. The maximum atomic E-state index is 10.8. The van der Waals surface area contributed by atoms with Gasteiger partial charge in [0.1, 0.15) is 0 Å². The monoisotopic (exact) mass is 270 g/mol. The van der Waals surface area contributed by atoms with E-state index in [2.05, 4.69) is 21.2 Å². The van der Waals surface area contributed by atoms with Gasteiger partial charge in [0, 0.05) is 11.0 Å². The fraction of sp³-hybridized carbons (Fsp3) is 0.200. The number of amides is 2. The molecule has 0 aromatic heterocycles.